The number of imide groups is 1. The fourth-order valence-corrected chi connectivity index (χ4v) is 1.96. The van der Waals surface area contributed by atoms with Gasteiger partial charge in [-0.1, -0.05) is 13.3 Å². The molecule has 0 bridgehead atoms. The van der Waals surface area contributed by atoms with Gasteiger partial charge in [0.2, 0.25) is 11.8 Å². The fourth-order valence-electron chi connectivity index (χ4n) is 1.96. The van der Waals surface area contributed by atoms with Crippen LogP contribution in [0.5, 0.6) is 0 Å². The van der Waals surface area contributed by atoms with E-state index in [4.69, 9.17) is 5.73 Å². The molecule has 0 spiro atoms. The Kier molecular flexibility index (Phi) is 7.52. The van der Waals surface area contributed by atoms with E-state index in [1.165, 1.54) is 0 Å². The fraction of sp³-hybridized carbons (Fsp3) is 0.750. The zero-order valence-corrected chi connectivity index (χ0v) is 12.7. The van der Waals surface area contributed by atoms with E-state index in [0.717, 1.165) is 11.3 Å². The molecule has 1 aliphatic rings. The minimum absolute atomic E-state index is 0. The highest BCUT2D eigenvalue weighted by molar-refractivity contribution is 6.01. The molecule has 0 radical (unpaired) electrons. The maximum atomic E-state index is 11.8. The van der Waals surface area contributed by atoms with Gasteiger partial charge >= 0.3 is 6.03 Å². The summed E-state index contributed by atoms with van der Waals surface area (Å²) in [6.45, 7) is 4.42. The second-order valence-electron chi connectivity index (χ2n) is 4.98. The molecule has 1 atom stereocenters. The predicted octanol–water partition coefficient (Wildman–Crippen LogP) is -0.0162. The lowest BCUT2D eigenvalue weighted by Gasteiger charge is -2.23. The van der Waals surface area contributed by atoms with Crippen molar-refractivity contribution in [1.82, 2.24) is 15.5 Å². The molecule has 1 rings (SSSR count). The van der Waals surface area contributed by atoms with Crippen molar-refractivity contribution in [3.63, 3.8) is 0 Å². The SMILES string of the molecule is CCCC(C)(N)C(=O)NCCCN1C(=O)CNC1=O.Cl. The lowest BCUT2D eigenvalue weighted by atomic mass is 9.96. The minimum atomic E-state index is -0.865. The number of halogens is 1. The van der Waals surface area contributed by atoms with Gasteiger partial charge in [-0.2, -0.15) is 0 Å². The molecule has 0 aromatic heterocycles. The molecule has 1 saturated heterocycles. The molecule has 20 heavy (non-hydrogen) atoms. The van der Waals surface area contributed by atoms with Gasteiger partial charge in [-0.25, -0.2) is 4.79 Å². The molecule has 4 N–H and O–H groups in total. The summed E-state index contributed by atoms with van der Waals surface area (Å²) < 4.78 is 0. The second kappa shape index (κ2) is 8.06. The van der Waals surface area contributed by atoms with Crippen molar-refractivity contribution in [2.24, 2.45) is 5.73 Å². The molecule has 1 aliphatic heterocycles. The lowest BCUT2D eigenvalue weighted by Crippen LogP contribution is -2.51. The number of nitrogens with two attached hydrogens (primary N) is 1. The zero-order chi connectivity index (χ0) is 14.5. The van der Waals surface area contributed by atoms with E-state index in [1.54, 1.807) is 6.92 Å². The number of nitrogens with one attached hydrogen (secondary N) is 2. The van der Waals surface area contributed by atoms with Gasteiger partial charge < -0.3 is 16.4 Å². The maximum absolute atomic E-state index is 11.8. The summed E-state index contributed by atoms with van der Waals surface area (Å²) in [6, 6.07) is -0.369. The summed E-state index contributed by atoms with van der Waals surface area (Å²) in [5, 5.41) is 5.17. The Bertz CT molecular complexity index is 358. The van der Waals surface area contributed by atoms with Crippen molar-refractivity contribution in [3.05, 3.63) is 0 Å². The monoisotopic (exact) mass is 306 g/mol. The number of carbonyl (C=O) groups excluding carboxylic acids is 3. The van der Waals surface area contributed by atoms with Gasteiger partial charge in [0.15, 0.2) is 0 Å². The van der Waals surface area contributed by atoms with Crippen LogP contribution in [0.15, 0.2) is 0 Å². The van der Waals surface area contributed by atoms with Crippen LogP contribution in [0.3, 0.4) is 0 Å². The summed E-state index contributed by atoms with van der Waals surface area (Å²) in [7, 11) is 0. The Morgan fingerprint density at radius 3 is 2.65 bits per heavy atom. The number of urea groups is 1. The van der Waals surface area contributed by atoms with Gasteiger partial charge in [0, 0.05) is 13.1 Å². The summed E-state index contributed by atoms with van der Waals surface area (Å²) >= 11 is 0. The summed E-state index contributed by atoms with van der Waals surface area (Å²) in [5.74, 6) is -0.433. The molecule has 8 heteroatoms. The van der Waals surface area contributed by atoms with Gasteiger partial charge in [-0.05, 0) is 19.8 Å². The molecule has 116 valence electrons. The average Bonchev–Trinajstić information content (AvgIpc) is 2.65. The van der Waals surface area contributed by atoms with Crippen LogP contribution in [0.4, 0.5) is 4.79 Å². The largest absolute Gasteiger partial charge is 0.354 e. The Hall–Kier alpha value is -1.34. The molecule has 4 amide bonds. The van der Waals surface area contributed by atoms with E-state index >= 15 is 0 Å². The number of nitrogens with zero attached hydrogens (tertiary/aromatic N) is 1. The van der Waals surface area contributed by atoms with Gasteiger partial charge in [0.1, 0.15) is 0 Å². The smallest absolute Gasteiger partial charge is 0.324 e. The average molecular weight is 307 g/mol. The van der Waals surface area contributed by atoms with Crippen molar-refractivity contribution >= 4 is 30.3 Å². The van der Waals surface area contributed by atoms with E-state index in [-0.39, 0.29) is 36.8 Å². The Morgan fingerprint density at radius 1 is 1.50 bits per heavy atom. The molecule has 1 unspecified atom stereocenters. The van der Waals surface area contributed by atoms with Gasteiger partial charge in [0.25, 0.3) is 0 Å². The van der Waals surface area contributed by atoms with Crippen molar-refractivity contribution in [2.75, 3.05) is 19.6 Å². The van der Waals surface area contributed by atoms with Crippen LogP contribution in [-0.2, 0) is 9.59 Å². The van der Waals surface area contributed by atoms with E-state index in [0.29, 0.717) is 25.9 Å². The Morgan fingerprint density at radius 2 is 2.15 bits per heavy atom. The summed E-state index contributed by atoms with van der Waals surface area (Å²) in [6.07, 6.45) is 1.97. The van der Waals surface area contributed by atoms with Crippen LogP contribution in [0, 0.1) is 0 Å². The van der Waals surface area contributed by atoms with E-state index in [9.17, 15) is 14.4 Å². The molecule has 7 nitrogen and oxygen atoms in total. The van der Waals surface area contributed by atoms with Gasteiger partial charge in [0.05, 0.1) is 12.1 Å². The lowest BCUT2D eigenvalue weighted by molar-refractivity contribution is -0.126. The first-order valence-corrected chi connectivity index (χ1v) is 6.54. The summed E-state index contributed by atoms with van der Waals surface area (Å²) in [5.41, 5.74) is 5.01. The number of amides is 4. The minimum Gasteiger partial charge on any atom is -0.354 e. The van der Waals surface area contributed by atoms with E-state index in [2.05, 4.69) is 10.6 Å². The van der Waals surface area contributed by atoms with Gasteiger partial charge in [-0.3, -0.25) is 14.5 Å². The first-order valence-electron chi connectivity index (χ1n) is 6.54. The molecule has 1 heterocycles. The van der Waals surface area contributed by atoms with Crippen molar-refractivity contribution in [3.8, 4) is 0 Å². The number of hydrogen-bond donors (Lipinski definition) is 3. The molecule has 0 saturated carbocycles. The highest BCUT2D eigenvalue weighted by Crippen LogP contribution is 2.08. The maximum Gasteiger partial charge on any atom is 0.324 e. The zero-order valence-electron chi connectivity index (χ0n) is 11.9. The van der Waals surface area contributed by atoms with E-state index in [1.807, 2.05) is 6.92 Å². The van der Waals surface area contributed by atoms with Crippen LogP contribution in [0.2, 0.25) is 0 Å². The van der Waals surface area contributed by atoms with Crippen molar-refractivity contribution in [1.29, 1.82) is 0 Å². The highest BCUT2D eigenvalue weighted by atomic mass is 35.5. The quantitative estimate of drug-likeness (QED) is 0.454. The van der Waals surface area contributed by atoms with Crippen LogP contribution in [-0.4, -0.2) is 47.9 Å². The highest BCUT2D eigenvalue weighted by Gasteiger charge is 2.28. The Labute approximate surface area is 125 Å². The molecule has 0 aromatic rings. The second-order valence-corrected chi connectivity index (χ2v) is 4.98. The standard InChI is InChI=1S/C12H22N4O3.ClH/c1-3-5-12(2,13)10(18)14-6-4-7-16-9(17)8-15-11(16)19;/h3-8,13H2,1-2H3,(H,14,18)(H,15,19);1H. The third kappa shape index (κ3) is 4.97. The number of rotatable bonds is 7. The summed E-state index contributed by atoms with van der Waals surface area (Å²) in [4.78, 5) is 35.5. The molecule has 0 aromatic carbocycles. The van der Waals surface area contributed by atoms with Gasteiger partial charge in [-0.15, -0.1) is 12.4 Å². The first-order chi connectivity index (χ1) is 8.88. The van der Waals surface area contributed by atoms with Crippen LogP contribution >= 0.6 is 12.4 Å². The molecule has 0 aliphatic carbocycles. The molecule has 1 fully saturated rings. The number of hydrogen-bond acceptors (Lipinski definition) is 4. The van der Waals surface area contributed by atoms with Crippen LogP contribution < -0.4 is 16.4 Å². The first kappa shape index (κ1) is 18.7. The van der Waals surface area contributed by atoms with E-state index < -0.39 is 5.54 Å². The van der Waals surface area contributed by atoms with Crippen LogP contribution in [0.25, 0.3) is 0 Å². The van der Waals surface area contributed by atoms with Crippen LogP contribution in [0.1, 0.15) is 33.1 Å². The molecular weight excluding hydrogens is 284 g/mol. The van der Waals surface area contributed by atoms with Crippen molar-refractivity contribution in [2.45, 2.75) is 38.6 Å². The van der Waals surface area contributed by atoms with Crippen molar-refractivity contribution < 1.29 is 14.4 Å². The number of carbonyl (C=O) groups is 3. The third-order valence-electron chi connectivity index (χ3n) is 3.07. The third-order valence-corrected chi connectivity index (χ3v) is 3.07. The molecular formula is C12H23ClN4O3. The normalized spacial score (nSPS) is 17.2. The topological polar surface area (TPSA) is 105 Å². The Balaban J connectivity index is 0.00000361. The predicted molar refractivity (Wildman–Crippen MR) is 77.5 cm³/mol.